The Morgan fingerprint density at radius 2 is 2.15 bits per heavy atom. The van der Waals surface area contributed by atoms with Crippen molar-refractivity contribution in [1.82, 2.24) is 5.06 Å². The molecule has 0 spiro atoms. The first-order chi connectivity index (χ1) is 6.07. The first-order valence-corrected chi connectivity index (χ1v) is 4.09. The van der Waals surface area contributed by atoms with Crippen molar-refractivity contribution in [2.45, 2.75) is 13.3 Å². The summed E-state index contributed by atoms with van der Waals surface area (Å²) in [5, 5.41) is 1.10. The van der Waals surface area contributed by atoms with Crippen LogP contribution in [0.1, 0.15) is 13.3 Å². The number of rotatable bonds is 7. The lowest BCUT2D eigenvalue weighted by Gasteiger charge is -2.10. The van der Waals surface area contributed by atoms with Crippen LogP contribution in [0.25, 0.3) is 0 Å². The molecule has 0 radical (unpaired) electrons. The molecule has 13 heavy (non-hydrogen) atoms. The Kier molecular flexibility index (Phi) is 6.69. The molecule has 5 nitrogen and oxygen atoms in total. The molecule has 0 saturated heterocycles. The second-order valence-corrected chi connectivity index (χ2v) is 2.55. The van der Waals surface area contributed by atoms with E-state index in [4.69, 9.17) is 0 Å². The van der Waals surface area contributed by atoms with Gasteiger partial charge in [-0.25, -0.2) is 0 Å². The number of ketones is 2. The van der Waals surface area contributed by atoms with Gasteiger partial charge >= 0.3 is 0 Å². The van der Waals surface area contributed by atoms with Crippen molar-refractivity contribution in [1.29, 1.82) is 0 Å². The average Bonchev–Trinajstić information content (AvgIpc) is 2.10. The number of hydrogen-bond donors (Lipinski definition) is 0. The molecule has 0 amide bonds. The number of hydrogen-bond acceptors (Lipinski definition) is 6. The highest BCUT2D eigenvalue weighted by Gasteiger charge is 2.09. The molecule has 0 aliphatic carbocycles. The lowest BCUT2D eigenvalue weighted by molar-refractivity contribution is -0.351. The number of halogens is 1. The van der Waals surface area contributed by atoms with Crippen LogP contribution in [-0.4, -0.2) is 30.2 Å². The molecule has 0 bridgehead atoms. The fourth-order valence-corrected chi connectivity index (χ4v) is 0.663. The molecule has 0 aliphatic rings. The molecule has 0 fully saturated rings. The number of carbonyl (C=O) groups is 2. The first kappa shape index (κ1) is 12.5. The minimum absolute atomic E-state index is 0.0200. The van der Waals surface area contributed by atoms with Crippen LogP contribution in [0.5, 0.6) is 0 Å². The Morgan fingerprint density at radius 3 is 2.62 bits per heavy atom. The lowest BCUT2D eigenvalue weighted by Crippen LogP contribution is -2.23. The Hall–Kier alpha value is -0.500. The smallest absolute Gasteiger partial charge is 0.243 e. The second-order valence-electron chi connectivity index (χ2n) is 2.29. The third-order valence-electron chi connectivity index (χ3n) is 1.23. The predicted molar refractivity (Wildman–Crippen MR) is 43.8 cm³/mol. The number of carbonyl (C=O) groups excluding carboxylic acids is 2. The molecule has 0 aromatic rings. The van der Waals surface area contributed by atoms with Gasteiger partial charge in [0.05, 0.1) is 0 Å². The van der Waals surface area contributed by atoms with Crippen LogP contribution in [0.15, 0.2) is 0 Å². The molecule has 0 unspecified atom stereocenters. The summed E-state index contributed by atoms with van der Waals surface area (Å²) in [6, 6.07) is 0. The van der Waals surface area contributed by atoms with Gasteiger partial charge in [0.2, 0.25) is 12.4 Å². The zero-order valence-corrected chi connectivity index (χ0v) is 8.10. The highest BCUT2D eigenvalue weighted by molar-refractivity contribution is 7.89. The number of nitrogens with zero attached hydrogens (tertiary/aromatic N) is 1. The van der Waals surface area contributed by atoms with E-state index in [1.807, 2.05) is 0 Å². The number of hydroxylamine groups is 2. The van der Waals surface area contributed by atoms with Crippen molar-refractivity contribution in [2.75, 3.05) is 13.6 Å². The Labute approximate surface area is 79.6 Å². The van der Waals surface area contributed by atoms with Gasteiger partial charge in [-0.05, 0) is 0 Å². The molecule has 0 aliphatic heterocycles. The third-order valence-corrected chi connectivity index (χ3v) is 1.34. The molecule has 0 heterocycles. The largest absolute Gasteiger partial charge is 0.291 e. The van der Waals surface area contributed by atoms with Gasteiger partial charge in [0.15, 0.2) is 11.6 Å². The maximum atomic E-state index is 11.3. The fourth-order valence-electron chi connectivity index (χ4n) is 0.536. The Morgan fingerprint density at radius 1 is 1.54 bits per heavy atom. The van der Waals surface area contributed by atoms with Gasteiger partial charge in [0, 0.05) is 26.9 Å². The number of Topliss-reactive ketones (excluding diaryl/α,β-unsaturated/α-hetero) is 2. The highest BCUT2D eigenvalue weighted by atomic mass is 32.2. The fraction of sp³-hybridized carbons (Fsp3) is 0.667. The summed E-state index contributed by atoms with van der Waals surface area (Å²) in [4.78, 5) is 25.5. The Balaban J connectivity index is 3.51. The van der Waals surface area contributed by atoms with Gasteiger partial charge in [0.25, 0.3) is 0 Å². The van der Waals surface area contributed by atoms with Crippen molar-refractivity contribution < 1.29 is 22.8 Å². The quantitative estimate of drug-likeness (QED) is 0.269. The van der Waals surface area contributed by atoms with E-state index in [0.717, 1.165) is 5.06 Å². The Bertz CT molecular complexity index is 189. The molecular formula is C6H10FNO4S. The lowest BCUT2D eigenvalue weighted by atomic mass is 10.2. The van der Waals surface area contributed by atoms with E-state index in [0.29, 0.717) is 0 Å². The van der Waals surface area contributed by atoms with E-state index in [-0.39, 0.29) is 13.0 Å². The van der Waals surface area contributed by atoms with E-state index in [9.17, 15) is 13.5 Å². The van der Waals surface area contributed by atoms with Crippen molar-refractivity contribution in [3.63, 3.8) is 0 Å². The van der Waals surface area contributed by atoms with Gasteiger partial charge in [-0.1, -0.05) is 0 Å². The van der Waals surface area contributed by atoms with E-state index in [2.05, 4.69) is 9.32 Å². The van der Waals surface area contributed by atoms with Crippen molar-refractivity contribution in [2.24, 2.45) is 0 Å². The van der Waals surface area contributed by atoms with Crippen molar-refractivity contribution in [3.8, 4) is 0 Å². The molecule has 0 saturated carbocycles. The summed E-state index contributed by atoms with van der Waals surface area (Å²) in [6.45, 7) is 1.36. The molecule has 7 heteroatoms. The van der Waals surface area contributed by atoms with Gasteiger partial charge in [0.1, 0.15) is 0 Å². The van der Waals surface area contributed by atoms with Gasteiger partial charge < -0.3 is 0 Å². The van der Waals surface area contributed by atoms with Crippen LogP contribution in [0, 0.1) is 0 Å². The zero-order valence-electron chi connectivity index (χ0n) is 7.28. The average molecular weight is 211 g/mol. The minimum Gasteiger partial charge on any atom is -0.291 e. The maximum absolute atomic E-state index is 11.3. The van der Waals surface area contributed by atoms with Crippen LogP contribution in [-0.2, 0) is 18.9 Å². The first-order valence-electron chi connectivity index (χ1n) is 3.45. The predicted octanol–water partition coefficient (Wildman–Crippen LogP) is 0.862. The van der Waals surface area contributed by atoms with E-state index in [1.54, 1.807) is 0 Å². The molecule has 0 N–H and O–H groups in total. The van der Waals surface area contributed by atoms with Crippen LogP contribution < -0.4 is 0 Å². The van der Waals surface area contributed by atoms with Crippen LogP contribution in [0.2, 0.25) is 0 Å². The summed E-state index contributed by atoms with van der Waals surface area (Å²) < 4.78 is 15.2. The normalized spacial score (nSPS) is 10.5. The maximum Gasteiger partial charge on any atom is 0.243 e. The van der Waals surface area contributed by atoms with E-state index in [1.165, 1.54) is 14.0 Å². The summed E-state index contributed by atoms with van der Waals surface area (Å²) in [6.07, 6.45) is 0.0200. The van der Waals surface area contributed by atoms with Gasteiger partial charge in [-0.15, -0.1) is 13.2 Å². The van der Waals surface area contributed by atoms with Crippen molar-refractivity contribution in [3.05, 3.63) is 0 Å². The summed E-state index contributed by atoms with van der Waals surface area (Å²) in [5.41, 5.74) is 0. The molecule has 0 aromatic carbocycles. The monoisotopic (exact) mass is 211 g/mol. The molecule has 0 aromatic heterocycles. The van der Waals surface area contributed by atoms with E-state index < -0.39 is 24.0 Å². The second kappa shape index (κ2) is 6.96. The topological polar surface area (TPSA) is 55.8 Å². The molecular weight excluding hydrogens is 201 g/mol. The van der Waals surface area contributed by atoms with Gasteiger partial charge in [-0.2, -0.15) is 5.06 Å². The summed E-state index contributed by atoms with van der Waals surface area (Å²) in [7, 11) is 1.45. The molecule has 0 rings (SSSR count). The molecule has 76 valence electrons. The zero-order chi connectivity index (χ0) is 10.3. The standard InChI is InChI=1S/C6H10FNO4S/c1-5(9)6(10)3-4-8(2)11-12-13-7/h3-4H2,1-2H3. The van der Waals surface area contributed by atoms with Crippen LogP contribution >= 0.6 is 12.4 Å². The van der Waals surface area contributed by atoms with Crippen LogP contribution in [0.3, 0.4) is 0 Å². The summed E-state index contributed by atoms with van der Waals surface area (Å²) >= 11 is -0.445. The minimum atomic E-state index is -0.505. The summed E-state index contributed by atoms with van der Waals surface area (Å²) in [5.74, 6) is -1.00. The van der Waals surface area contributed by atoms with Crippen LogP contribution in [0.4, 0.5) is 3.89 Å². The van der Waals surface area contributed by atoms with E-state index >= 15 is 0 Å². The van der Waals surface area contributed by atoms with Gasteiger partial charge in [-0.3, -0.25) is 9.59 Å². The van der Waals surface area contributed by atoms with Crippen molar-refractivity contribution >= 4 is 24.0 Å². The molecule has 0 atom stereocenters. The third kappa shape index (κ3) is 6.64. The highest BCUT2D eigenvalue weighted by Crippen LogP contribution is 2.04. The SMILES string of the molecule is CC(=O)C(=O)CCN(C)OOSF.